The first-order chi connectivity index (χ1) is 13.7. The van der Waals surface area contributed by atoms with Crippen molar-refractivity contribution in [3.05, 3.63) is 29.7 Å². The minimum absolute atomic E-state index is 0.181. The Morgan fingerprint density at radius 1 is 1.32 bits per heavy atom. The molecule has 3 rings (SSSR count). The van der Waals surface area contributed by atoms with E-state index in [0.717, 1.165) is 50.8 Å². The third kappa shape index (κ3) is 5.66. The summed E-state index contributed by atoms with van der Waals surface area (Å²) >= 11 is 0. The number of aromatic nitrogens is 4. The summed E-state index contributed by atoms with van der Waals surface area (Å²) in [6, 6.07) is 1.99. The molecule has 1 aliphatic rings. The summed E-state index contributed by atoms with van der Waals surface area (Å²) in [5.41, 5.74) is 1.23. The minimum Gasteiger partial charge on any atom is -0.393 e. The second kappa shape index (κ2) is 10.0. The van der Waals surface area contributed by atoms with Gasteiger partial charge in [-0.1, -0.05) is 13.3 Å². The van der Waals surface area contributed by atoms with Gasteiger partial charge in [0, 0.05) is 25.0 Å². The summed E-state index contributed by atoms with van der Waals surface area (Å²) in [5, 5.41) is 25.9. The number of H-pyrrole nitrogens is 1. The molecule has 1 amide bonds. The second-order valence-corrected chi connectivity index (χ2v) is 7.15. The van der Waals surface area contributed by atoms with Crippen LogP contribution >= 0.6 is 0 Å². The first kappa shape index (κ1) is 20.1. The smallest absolute Gasteiger partial charge is 0.256 e. The van der Waals surface area contributed by atoms with Gasteiger partial charge in [-0.2, -0.15) is 10.1 Å². The van der Waals surface area contributed by atoms with Crippen LogP contribution < -0.4 is 16.0 Å². The van der Waals surface area contributed by atoms with Gasteiger partial charge in [0.1, 0.15) is 11.4 Å². The van der Waals surface area contributed by atoms with Crippen LogP contribution in [0.15, 0.2) is 18.5 Å². The highest BCUT2D eigenvalue weighted by Crippen LogP contribution is 2.23. The summed E-state index contributed by atoms with van der Waals surface area (Å²) in [6.07, 6.45) is 8.28. The number of carbonyl (C=O) groups is 1. The molecule has 1 saturated carbocycles. The number of aromatic amines is 1. The molecule has 5 N–H and O–H groups in total. The number of carbonyl (C=O) groups excluding carboxylic acids is 1. The summed E-state index contributed by atoms with van der Waals surface area (Å²) in [6.45, 7) is 3.27. The molecule has 152 valence electrons. The molecule has 2 aromatic rings. The van der Waals surface area contributed by atoms with Crippen molar-refractivity contribution in [1.29, 1.82) is 0 Å². The van der Waals surface area contributed by atoms with Crippen LogP contribution in [-0.4, -0.2) is 49.9 Å². The monoisotopic (exact) mass is 387 g/mol. The quantitative estimate of drug-likeness (QED) is 0.417. The van der Waals surface area contributed by atoms with Crippen molar-refractivity contribution in [1.82, 2.24) is 25.5 Å². The van der Waals surface area contributed by atoms with Crippen LogP contribution in [0.2, 0.25) is 0 Å². The first-order valence-corrected chi connectivity index (χ1v) is 9.97. The maximum absolute atomic E-state index is 12.7. The van der Waals surface area contributed by atoms with Crippen LogP contribution in [0.4, 0.5) is 11.8 Å². The molecule has 1 fully saturated rings. The van der Waals surface area contributed by atoms with E-state index in [9.17, 15) is 9.90 Å². The highest BCUT2D eigenvalue weighted by Gasteiger charge is 2.22. The molecule has 0 bridgehead atoms. The van der Waals surface area contributed by atoms with Crippen LogP contribution in [0, 0.1) is 0 Å². The first-order valence-electron chi connectivity index (χ1n) is 9.97. The van der Waals surface area contributed by atoms with Gasteiger partial charge in [0.15, 0.2) is 0 Å². The van der Waals surface area contributed by atoms with Crippen LogP contribution in [-0.2, 0) is 6.54 Å². The van der Waals surface area contributed by atoms with Gasteiger partial charge in [0.2, 0.25) is 5.95 Å². The third-order valence-corrected chi connectivity index (χ3v) is 4.88. The number of nitrogens with zero attached hydrogens (tertiary/aromatic N) is 3. The Morgan fingerprint density at radius 2 is 2.14 bits per heavy atom. The number of hydrogen-bond acceptors (Lipinski definition) is 7. The van der Waals surface area contributed by atoms with Gasteiger partial charge in [0.25, 0.3) is 5.91 Å². The predicted octanol–water partition coefficient (Wildman–Crippen LogP) is 2.06. The Kier molecular flexibility index (Phi) is 7.18. The summed E-state index contributed by atoms with van der Waals surface area (Å²) in [5.74, 6) is 0.794. The number of unbranched alkanes of at least 4 members (excludes halogenated alkanes) is 1. The molecular formula is C19H29N7O2. The van der Waals surface area contributed by atoms with Gasteiger partial charge in [0.05, 0.1) is 18.3 Å². The van der Waals surface area contributed by atoms with Gasteiger partial charge in [-0.3, -0.25) is 9.89 Å². The van der Waals surface area contributed by atoms with Crippen LogP contribution in [0.1, 0.15) is 61.5 Å². The van der Waals surface area contributed by atoms with E-state index >= 15 is 0 Å². The van der Waals surface area contributed by atoms with E-state index in [0.29, 0.717) is 23.9 Å². The molecule has 0 atom stereocenters. The SMILES string of the molecule is CCCCNc1ncc(C(=O)NCc2ccn[nH]2)c(NC2CCC(O)CC2)n1. The average molecular weight is 387 g/mol. The molecule has 2 heterocycles. The van der Waals surface area contributed by atoms with Crippen molar-refractivity contribution in [3.63, 3.8) is 0 Å². The Morgan fingerprint density at radius 3 is 2.86 bits per heavy atom. The molecule has 1 aliphatic carbocycles. The van der Waals surface area contributed by atoms with Crippen molar-refractivity contribution in [2.75, 3.05) is 17.2 Å². The van der Waals surface area contributed by atoms with Gasteiger partial charge in [-0.05, 0) is 38.2 Å². The number of nitrogens with one attached hydrogen (secondary N) is 4. The number of hydrogen-bond donors (Lipinski definition) is 5. The molecule has 0 radical (unpaired) electrons. The van der Waals surface area contributed by atoms with Gasteiger partial charge >= 0.3 is 0 Å². The fourth-order valence-corrected chi connectivity index (χ4v) is 3.19. The highest BCUT2D eigenvalue weighted by atomic mass is 16.3. The number of aliphatic hydroxyl groups excluding tert-OH is 1. The lowest BCUT2D eigenvalue weighted by molar-refractivity contribution is 0.0950. The molecule has 0 unspecified atom stereocenters. The molecule has 9 heteroatoms. The van der Waals surface area contributed by atoms with E-state index in [1.807, 2.05) is 6.07 Å². The molecule has 9 nitrogen and oxygen atoms in total. The lowest BCUT2D eigenvalue weighted by Crippen LogP contribution is -2.31. The van der Waals surface area contributed by atoms with Crippen LogP contribution in [0.5, 0.6) is 0 Å². The topological polar surface area (TPSA) is 128 Å². The number of rotatable bonds is 9. The zero-order valence-corrected chi connectivity index (χ0v) is 16.2. The molecule has 0 aliphatic heterocycles. The van der Waals surface area contributed by atoms with Gasteiger partial charge < -0.3 is 21.1 Å². The van der Waals surface area contributed by atoms with Crippen LogP contribution in [0.3, 0.4) is 0 Å². The molecular weight excluding hydrogens is 358 g/mol. The van der Waals surface area contributed by atoms with E-state index < -0.39 is 0 Å². The van der Waals surface area contributed by atoms with Gasteiger partial charge in [-0.25, -0.2) is 4.98 Å². The molecule has 0 aromatic carbocycles. The van der Waals surface area contributed by atoms with Gasteiger partial charge in [-0.15, -0.1) is 0 Å². The highest BCUT2D eigenvalue weighted by molar-refractivity contribution is 5.98. The second-order valence-electron chi connectivity index (χ2n) is 7.15. The summed E-state index contributed by atoms with van der Waals surface area (Å²) < 4.78 is 0. The Bertz CT molecular complexity index is 743. The van der Waals surface area contributed by atoms with Crippen molar-refractivity contribution >= 4 is 17.7 Å². The predicted molar refractivity (Wildman–Crippen MR) is 107 cm³/mol. The maximum atomic E-state index is 12.7. The normalized spacial score (nSPS) is 19.2. The summed E-state index contributed by atoms with van der Waals surface area (Å²) in [7, 11) is 0. The number of amides is 1. The molecule has 28 heavy (non-hydrogen) atoms. The fraction of sp³-hybridized carbons (Fsp3) is 0.579. The van der Waals surface area contributed by atoms with E-state index in [1.54, 1.807) is 12.4 Å². The van der Waals surface area contributed by atoms with E-state index in [-0.39, 0.29) is 18.1 Å². The Balaban J connectivity index is 1.71. The standard InChI is InChI=1S/C19H29N7O2/c1-2-3-9-20-19-22-12-16(18(28)21-11-14-8-10-23-26-14)17(25-19)24-13-4-6-15(27)7-5-13/h8,10,12-13,15,27H,2-7,9,11H2,1H3,(H,21,28)(H,23,26)(H2,20,22,24,25). The number of aliphatic hydroxyl groups is 1. The summed E-state index contributed by atoms with van der Waals surface area (Å²) in [4.78, 5) is 21.5. The lowest BCUT2D eigenvalue weighted by Gasteiger charge is -2.27. The number of anilines is 2. The molecule has 0 spiro atoms. The molecule has 2 aromatic heterocycles. The zero-order valence-electron chi connectivity index (χ0n) is 16.2. The Labute approximate surface area is 164 Å². The van der Waals surface area contributed by atoms with Crippen LogP contribution in [0.25, 0.3) is 0 Å². The van der Waals surface area contributed by atoms with E-state index in [4.69, 9.17) is 0 Å². The fourth-order valence-electron chi connectivity index (χ4n) is 3.19. The third-order valence-electron chi connectivity index (χ3n) is 4.88. The zero-order chi connectivity index (χ0) is 19.8. The maximum Gasteiger partial charge on any atom is 0.256 e. The largest absolute Gasteiger partial charge is 0.393 e. The van der Waals surface area contributed by atoms with Crippen molar-refractivity contribution < 1.29 is 9.90 Å². The van der Waals surface area contributed by atoms with E-state index in [1.165, 1.54) is 0 Å². The molecule has 0 saturated heterocycles. The van der Waals surface area contributed by atoms with E-state index in [2.05, 4.69) is 43.0 Å². The lowest BCUT2D eigenvalue weighted by atomic mass is 9.93. The van der Waals surface area contributed by atoms with Crippen molar-refractivity contribution in [2.45, 2.75) is 64.1 Å². The van der Waals surface area contributed by atoms with Crippen molar-refractivity contribution in [2.24, 2.45) is 0 Å². The Hall–Kier alpha value is -2.68. The van der Waals surface area contributed by atoms with Crippen molar-refractivity contribution in [3.8, 4) is 0 Å². The average Bonchev–Trinajstić information content (AvgIpc) is 3.22. The minimum atomic E-state index is -0.243.